The summed E-state index contributed by atoms with van der Waals surface area (Å²) in [5.74, 6) is -1.42. The van der Waals surface area contributed by atoms with Gasteiger partial charge in [0.05, 0.1) is 11.4 Å². The molecule has 1 aliphatic rings. The van der Waals surface area contributed by atoms with E-state index < -0.39 is 11.6 Å². The predicted molar refractivity (Wildman–Crippen MR) is 77.4 cm³/mol. The molecule has 3 rings (SSSR count). The Hall–Kier alpha value is -2.63. The van der Waals surface area contributed by atoms with Gasteiger partial charge < -0.3 is 16.4 Å². The molecule has 0 fully saturated rings. The van der Waals surface area contributed by atoms with Gasteiger partial charge in [-0.05, 0) is 36.2 Å². The molecule has 0 bridgehead atoms. The van der Waals surface area contributed by atoms with Gasteiger partial charge in [0.1, 0.15) is 11.6 Å². The molecule has 0 saturated heterocycles. The summed E-state index contributed by atoms with van der Waals surface area (Å²) in [7, 11) is 0. The van der Waals surface area contributed by atoms with Crippen molar-refractivity contribution in [3.05, 3.63) is 47.5 Å². The smallest absolute Gasteiger partial charge is 0.224 e. The molecule has 0 aliphatic carbocycles. The van der Waals surface area contributed by atoms with Crippen LogP contribution in [0, 0.1) is 11.6 Å². The summed E-state index contributed by atoms with van der Waals surface area (Å²) in [6.45, 7) is 0. The quantitative estimate of drug-likeness (QED) is 0.744. The number of aryl methyl sites for hydroxylation is 1. The Kier molecular flexibility index (Phi) is 3.21. The van der Waals surface area contributed by atoms with Crippen LogP contribution in [-0.2, 0) is 11.2 Å². The monoisotopic (exact) mass is 289 g/mol. The van der Waals surface area contributed by atoms with E-state index >= 15 is 0 Å². The molecule has 0 unspecified atom stereocenters. The SMILES string of the molecule is Nc1cc2c(cc1Nc1cc(F)cc(F)c1)NC(=O)CC2. The Labute approximate surface area is 120 Å². The highest BCUT2D eigenvalue weighted by Crippen LogP contribution is 2.33. The number of halogens is 2. The number of amides is 1. The molecule has 0 radical (unpaired) electrons. The van der Waals surface area contributed by atoms with E-state index in [2.05, 4.69) is 10.6 Å². The predicted octanol–water partition coefficient (Wildman–Crippen LogP) is 3.18. The molecule has 0 saturated carbocycles. The first-order chi connectivity index (χ1) is 10.0. The molecular weight excluding hydrogens is 276 g/mol. The summed E-state index contributed by atoms with van der Waals surface area (Å²) < 4.78 is 26.4. The van der Waals surface area contributed by atoms with E-state index in [1.54, 1.807) is 12.1 Å². The second-order valence-corrected chi connectivity index (χ2v) is 4.93. The number of nitrogen functional groups attached to an aromatic ring is 1. The summed E-state index contributed by atoms with van der Waals surface area (Å²) in [6, 6.07) is 6.56. The number of nitrogens with two attached hydrogens (primary N) is 1. The van der Waals surface area contributed by atoms with Crippen LogP contribution in [0.2, 0.25) is 0 Å². The third kappa shape index (κ3) is 2.79. The first kappa shape index (κ1) is 13.4. The van der Waals surface area contributed by atoms with Gasteiger partial charge in [-0.25, -0.2) is 8.78 Å². The average molecular weight is 289 g/mol. The van der Waals surface area contributed by atoms with Crippen LogP contribution >= 0.6 is 0 Å². The van der Waals surface area contributed by atoms with Crippen LogP contribution in [0.1, 0.15) is 12.0 Å². The Morgan fingerprint density at radius 1 is 1.05 bits per heavy atom. The van der Waals surface area contributed by atoms with Crippen molar-refractivity contribution in [2.75, 3.05) is 16.4 Å². The van der Waals surface area contributed by atoms with Crippen LogP contribution in [0.4, 0.5) is 31.5 Å². The molecule has 2 aromatic carbocycles. The maximum atomic E-state index is 13.2. The van der Waals surface area contributed by atoms with Gasteiger partial charge in [-0.3, -0.25) is 4.79 Å². The molecule has 1 aliphatic heterocycles. The van der Waals surface area contributed by atoms with Crippen molar-refractivity contribution in [3.63, 3.8) is 0 Å². The minimum atomic E-state index is -0.678. The number of fused-ring (bicyclic) bond motifs is 1. The van der Waals surface area contributed by atoms with Crippen LogP contribution in [0.25, 0.3) is 0 Å². The molecule has 0 aromatic heterocycles. The summed E-state index contributed by atoms with van der Waals surface area (Å²) in [6.07, 6.45) is 1.05. The van der Waals surface area contributed by atoms with Gasteiger partial charge in [0.15, 0.2) is 0 Å². The number of carbonyl (C=O) groups is 1. The minimum absolute atomic E-state index is 0.0602. The standard InChI is InChI=1S/C15H13F2N3O/c16-9-4-10(17)6-11(5-9)19-14-7-13-8(3-12(14)18)1-2-15(21)20-13/h3-7,19H,1-2,18H2,(H,20,21). The fourth-order valence-corrected chi connectivity index (χ4v) is 2.34. The van der Waals surface area contributed by atoms with Crippen molar-refractivity contribution >= 4 is 28.7 Å². The number of nitrogens with one attached hydrogen (secondary N) is 2. The van der Waals surface area contributed by atoms with Gasteiger partial charge in [-0.15, -0.1) is 0 Å². The molecular formula is C15H13F2N3O. The molecule has 4 nitrogen and oxygen atoms in total. The van der Waals surface area contributed by atoms with Crippen LogP contribution < -0.4 is 16.4 Å². The molecule has 2 aromatic rings. The lowest BCUT2D eigenvalue weighted by Crippen LogP contribution is -2.19. The summed E-state index contributed by atoms with van der Waals surface area (Å²) >= 11 is 0. The maximum Gasteiger partial charge on any atom is 0.224 e. The van der Waals surface area contributed by atoms with Crippen molar-refractivity contribution in [1.82, 2.24) is 0 Å². The molecule has 0 atom stereocenters. The first-order valence-electron chi connectivity index (χ1n) is 6.46. The van der Waals surface area contributed by atoms with Gasteiger partial charge in [0, 0.05) is 23.9 Å². The number of anilines is 4. The topological polar surface area (TPSA) is 67.2 Å². The van der Waals surface area contributed by atoms with Crippen LogP contribution in [0.15, 0.2) is 30.3 Å². The largest absolute Gasteiger partial charge is 0.397 e. The van der Waals surface area contributed by atoms with Crippen molar-refractivity contribution in [3.8, 4) is 0 Å². The third-order valence-corrected chi connectivity index (χ3v) is 3.31. The van der Waals surface area contributed by atoms with Crippen molar-refractivity contribution < 1.29 is 13.6 Å². The van der Waals surface area contributed by atoms with E-state index in [0.717, 1.165) is 11.6 Å². The maximum absolute atomic E-state index is 13.2. The molecule has 1 heterocycles. The van der Waals surface area contributed by atoms with Gasteiger partial charge in [-0.1, -0.05) is 0 Å². The highest BCUT2D eigenvalue weighted by molar-refractivity contribution is 5.96. The van der Waals surface area contributed by atoms with E-state index in [0.29, 0.717) is 29.9 Å². The molecule has 108 valence electrons. The number of benzene rings is 2. The first-order valence-corrected chi connectivity index (χ1v) is 6.46. The Bertz CT molecular complexity index is 711. The average Bonchev–Trinajstić information content (AvgIpc) is 2.39. The lowest BCUT2D eigenvalue weighted by molar-refractivity contribution is -0.116. The second-order valence-electron chi connectivity index (χ2n) is 4.93. The number of hydrogen-bond acceptors (Lipinski definition) is 3. The Morgan fingerprint density at radius 3 is 2.48 bits per heavy atom. The normalized spacial score (nSPS) is 13.5. The summed E-state index contributed by atoms with van der Waals surface area (Å²) in [4.78, 5) is 11.4. The summed E-state index contributed by atoms with van der Waals surface area (Å²) in [5.41, 5.74) is 8.75. The van der Waals surface area contributed by atoms with Gasteiger partial charge in [-0.2, -0.15) is 0 Å². The van der Waals surface area contributed by atoms with Crippen LogP contribution in [0.3, 0.4) is 0 Å². The van der Waals surface area contributed by atoms with Crippen molar-refractivity contribution in [2.24, 2.45) is 0 Å². The van der Waals surface area contributed by atoms with Gasteiger partial charge in [0.25, 0.3) is 0 Å². The van der Waals surface area contributed by atoms with Gasteiger partial charge in [0.2, 0.25) is 5.91 Å². The van der Waals surface area contributed by atoms with Crippen molar-refractivity contribution in [2.45, 2.75) is 12.8 Å². The fraction of sp³-hybridized carbons (Fsp3) is 0.133. The highest BCUT2D eigenvalue weighted by Gasteiger charge is 2.16. The van der Waals surface area contributed by atoms with E-state index in [4.69, 9.17) is 5.73 Å². The van der Waals surface area contributed by atoms with E-state index in [9.17, 15) is 13.6 Å². The molecule has 4 N–H and O–H groups in total. The Balaban J connectivity index is 1.95. The number of carbonyl (C=O) groups excluding carboxylic acids is 1. The fourth-order valence-electron chi connectivity index (χ4n) is 2.34. The highest BCUT2D eigenvalue weighted by atomic mass is 19.1. The summed E-state index contributed by atoms with van der Waals surface area (Å²) in [5, 5.41) is 5.62. The van der Waals surface area contributed by atoms with E-state index in [-0.39, 0.29) is 11.6 Å². The molecule has 6 heteroatoms. The molecule has 0 spiro atoms. The van der Waals surface area contributed by atoms with Gasteiger partial charge >= 0.3 is 0 Å². The van der Waals surface area contributed by atoms with Crippen molar-refractivity contribution in [1.29, 1.82) is 0 Å². The zero-order valence-corrected chi connectivity index (χ0v) is 11.0. The second kappa shape index (κ2) is 5.05. The number of hydrogen-bond donors (Lipinski definition) is 3. The lowest BCUT2D eigenvalue weighted by atomic mass is 10.0. The van der Waals surface area contributed by atoms with E-state index in [1.807, 2.05) is 0 Å². The van der Waals surface area contributed by atoms with Crippen LogP contribution in [0.5, 0.6) is 0 Å². The third-order valence-electron chi connectivity index (χ3n) is 3.31. The molecule has 21 heavy (non-hydrogen) atoms. The molecule has 1 amide bonds. The zero-order chi connectivity index (χ0) is 15.0. The lowest BCUT2D eigenvalue weighted by Gasteiger charge is -2.20. The van der Waals surface area contributed by atoms with E-state index in [1.165, 1.54) is 12.1 Å². The Morgan fingerprint density at radius 2 is 1.76 bits per heavy atom. The number of rotatable bonds is 2. The zero-order valence-electron chi connectivity index (χ0n) is 11.0. The van der Waals surface area contributed by atoms with Crippen LogP contribution in [-0.4, -0.2) is 5.91 Å². The minimum Gasteiger partial charge on any atom is -0.397 e.